The van der Waals surface area contributed by atoms with E-state index in [4.69, 9.17) is 15.2 Å². The van der Waals surface area contributed by atoms with Crippen LogP contribution in [0.15, 0.2) is 23.3 Å². The number of nitro benzene ring substituents is 1. The zero-order chi connectivity index (χ0) is 20.8. The highest BCUT2D eigenvalue weighted by molar-refractivity contribution is 6.12. The Balaban J connectivity index is 1.90. The monoisotopic (exact) mass is 403 g/mol. The van der Waals surface area contributed by atoms with Crippen LogP contribution in [0.1, 0.15) is 18.4 Å². The standard InChI is InChI=1S/C20H29N5O4/c1-22-14-15(13-21)17-11-19(25(26)27)20(28-2)12-18(17)24-5-3-16(4-6-24)23-7-9-29-10-8-23/h11-14,16H,3-10,21H2,1-2H3. The lowest BCUT2D eigenvalue weighted by molar-refractivity contribution is -0.385. The number of benzene rings is 1. The highest BCUT2D eigenvalue weighted by Gasteiger charge is 2.29. The highest BCUT2D eigenvalue weighted by Crippen LogP contribution is 2.39. The fraction of sp³-hybridized carbons (Fsp3) is 0.550. The number of aliphatic imine (C=N–C) groups is 1. The van der Waals surface area contributed by atoms with Gasteiger partial charge in [-0.2, -0.15) is 0 Å². The normalized spacial score (nSPS) is 19.7. The highest BCUT2D eigenvalue weighted by atomic mass is 16.6. The summed E-state index contributed by atoms with van der Waals surface area (Å²) >= 11 is 0. The molecule has 0 aliphatic carbocycles. The second-order valence-electron chi connectivity index (χ2n) is 7.17. The number of methoxy groups -OCH3 is 1. The van der Waals surface area contributed by atoms with Gasteiger partial charge in [-0.25, -0.2) is 0 Å². The zero-order valence-electron chi connectivity index (χ0n) is 17.0. The Morgan fingerprint density at radius 1 is 1.31 bits per heavy atom. The van der Waals surface area contributed by atoms with E-state index >= 15 is 0 Å². The predicted molar refractivity (Wildman–Crippen MR) is 114 cm³/mol. The molecule has 0 saturated carbocycles. The number of ether oxygens (including phenoxy) is 2. The second kappa shape index (κ2) is 9.71. The molecule has 0 aromatic heterocycles. The van der Waals surface area contributed by atoms with Gasteiger partial charge in [0, 0.05) is 80.6 Å². The Morgan fingerprint density at radius 2 is 2.00 bits per heavy atom. The van der Waals surface area contributed by atoms with Crippen molar-refractivity contribution in [2.75, 3.05) is 58.5 Å². The molecule has 0 amide bonds. The quantitative estimate of drug-likeness (QED) is 0.439. The molecule has 1 aromatic carbocycles. The van der Waals surface area contributed by atoms with Crippen molar-refractivity contribution in [1.29, 1.82) is 0 Å². The predicted octanol–water partition coefficient (Wildman–Crippen LogP) is 1.90. The summed E-state index contributed by atoms with van der Waals surface area (Å²) in [5.74, 6) is 0.244. The van der Waals surface area contributed by atoms with Crippen molar-refractivity contribution < 1.29 is 14.4 Å². The Kier molecular flexibility index (Phi) is 7.05. The van der Waals surface area contributed by atoms with E-state index < -0.39 is 4.92 Å². The number of morpholine rings is 1. The summed E-state index contributed by atoms with van der Waals surface area (Å²) in [7, 11) is 3.10. The van der Waals surface area contributed by atoms with Gasteiger partial charge in [-0.1, -0.05) is 0 Å². The average Bonchev–Trinajstić information content (AvgIpc) is 2.77. The molecule has 2 fully saturated rings. The maximum atomic E-state index is 11.5. The van der Waals surface area contributed by atoms with Crippen LogP contribution < -0.4 is 15.4 Å². The van der Waals surface area contributed by atoms with E-state index in [2.05, 4.69) is 14.8 Å². The van der Waals surface area contributed by atoms with Gasteiger partial charge in [-0.3, -0.25) is 20.0 Å². The molecule has 0 bridgehead atoms. The van der Waals surface area contributed by atoms with Crippen molar-refractivity contribution in [2.24, 2.45) is 10.7 Å². The Hall–Kier alpha value is -2.65. The SMILES string of the molecule is CN=CC(=CN)c1cc([N+](=O)[O-])c(OC)cc1N1CCC(N2CCOCC2)CC1. The lowest BCUT2D eigenvalue weighted by Gasteiger charge is -2.41. The van der Waals surface area contributed by atoms with Crippen molar-refractivity contribution in [1.82, 2.24) is 4.90 Å². The fourth-order valence-electron chi connectivity index (χ4n) is 4.11. The number of hydrogen-bond acceptors (Lipinski definition) is 8. The van der Waals surface area contributed by atoms with Crippen LogP contribution in [0.5, 0.6) is 5.75 Å². The first-order chi connectivity index (χ1) is 14.1. The average molecular weight is 403 g/mol. The van der Waals surface area contributed by atoms with Crippen molar-refractivity contribution in [3.05, 3.63) is 34.0 Å². The molecule has 9 heteroatoms. The van der Waals surface area contributed by atoms with E-state index in [1.165, 1.54) is 19.4 Å². The molecule has 0 radical (unpaired) electrons. The number of piperidine rings is 1. The molecule has 158 valence electrons. The van der Waals surface area contributed by atoms with Crippen LogP contribution in [0, 0.1) is 10.1 Å². The van der Waals surface area contributed by atoms with Crippen LogP contribution in [0.25, 0.3) is 5.57 Å². The molecule has 2 saturated heterocycles. The van der Waals surface area contributed by atoms with Gasteiger partial charge in [0.1, 0.15) is 0 Å². The maximum absolute atomic E-state index is 11.5. The molecular formula is C20H29N5O4. The number of nitrogens with zero attached hydrogens (tertiary/aromatic N) is 4. The van der Waals surface area contributed by atoms with E-state index in [-0.39, 0.29) is 11.4 Å². The largest absolute Gasteiger partial charge is 0.490 e. The van der Waals surface area contributed by atoms with Gasteiger partial charge in [0.15, 0.2) is 5.75 Å². The Labute approximate surface area is 170 Å². The summed E-state index contributed by atoms with van der Waals surface area (Å²) in [6.45, 7) is 5.27. The van der Waals surface area contributed by atoms with Crippen LogP contribution in [-0.4, -0.2) is 75.6 Å². The van der Waals surface area contributed by atoms with Crippen LogP contribution >= 0.6 is 0 Å². The minimum Gasteiger partial charge on any atom is -0.490 e. The van der Waals surface area contributed by atoms with E-state index in [1.54, 1.807) is 19.3 Å². The fourth-order valence-corrected chi connectivity index (χ4v) is 4.11. The summed E-state index contributed by atoms with van der Waals surface area (Å²) in [6, 6.07) is 3.82. The molecule has 29 heavy (non-hydrogen) atoms. The van der Waals surface area contributed by atoms with E-state index in [0.29, 0.717) is 17.2 Å². The van der Waals surface area contributed by atoms with Gasteiger partial charge in [0.05, 0.1) is 25.2 Å². The number of allylic oxidation sites excluding steroid dienone is 1. The molecule has 0 atom stereocenters. The molecule has 1 aromatic rings. The topological polar surface area (TPSA) is 106 Å². The number of nitrogens with two attached hydrogens (primary N) is 1. The summed E-state index contributed by atoms with van der Waals surface area (Å²) < 4.78 is 10.8. The van der Waals surface area contributed by atoms with E-state index in [1.807, 2.05) is 0 Å². The Bertz CT molecular complexity index is 781. The molecule has 9 nitrogen and oxygen atoms in total. The maximum Gasteiger partial charge on any atom is 0.311 e. The van der Waals surface area contributed by atoms with Gasteiger partial charge in [-0.15, -0.1) is 0 Å². The lowest BCUT2D eigenvalue weighted by Crippen LogP contribution is -2.49. The van der Waals surface area contributed by atoms with Crippen molar-refractivity contribution in [2.45, 2.75) is 18.9 Å². The first-order valence-electron chi connectivity index (χ1n) is 9.86. The summed E-state index contributed by atoms with van der Waals surface area (Å²) in [4.78, 5) is 19.9. The second-order valence-corrected chi connectivity index (χ2v) is 7.17. The Morgan fingerprint density at radius 3 is 2.55 bits per heavy atom. The van der Waals surface area contributed by atoms with Gasteiger partial charge < -0.3 is 20.1 Å². The summed E-state index contributed by atoms with van der Waals surface area (Å²) in [5.41, 5.74) is 7.94. The first-order valence-corrected chi connectivity index (χ1v) is 9.86. The zero-order valence-corrected chi connectivity index (χ0v) is 17.0. The molecule has 2 N–H and O–H groups in total. The van der Waals surface area contributed by atoms with Crippen LogP contribution in [0.2, 0.25) is 0 Å². The van der Waals surface area contributed by atoms with Gasteiger partial charge >= 0.3 is 5.69 Å². The number of rotatable bonds is 6. The van der Waals surface area contributed by atoms with Gasteiger partial charge in [0.25, 0.3) is 0 Å². The lowest BCUT2D eigenvalue weighted by atomic mass is 9.98. The van der Waals surface area contributed by atoms with Crippen molar-refractivity contribution in [3.63, 3.8) is 0 Å². The summed E-state index contributed by atoms with van der Waals surface area (Å²) in [5, 5.41) is 11.5. The number of anilines is 1. The van der Waals surface area contributed by atoms with Gasteiger partial charge in [0.2, 0.25) is 0 Å². The minimum atomic E-state index is -0.437. The molecule has 0 spiro atoms. The number of hydrogen-bond donors (Lipinski definition) is 1. The minimum absolute atomic E-state index is 0.0849. The van der Waals surface area contributed by atoms with Crippen molar-refractivity contribution in [3.8, 4) is 5.75 Å². The molecule has 0 unspecified atom stereocenters. The third-order valence-corrected chi connectivity index (χ3v) is 5.62. The van der Waals surface area contributed by atoms with Crippen LogP contribution in [0.4, 0.5) is 11.4 Å². The van der Waals surface area contributed by atoms with Crippen molar-refractivity contribution >= 4 is 23.2 Å². The molecule has 3 rings (SSSR count). The number of nitro groups is 1. The third-order valence-electron chi connectivity index (χ3n) is 5.62. The van der Waals surface area contributed by atoms with Crippen LogP contribution in [-0.2, 0) is 4.74 Å². The third kappa shape index (κ3) is 4.68. The van der Waals surface area contributed by atoms with E-state index in [0.717, 1.165) is 57.9 Å². The smallest absolute Gasteiger partial charge is 0.311 e. The molecule has 2 aliphatic rings. The summed E-state index contributed by atoms with van der Waals surface area (Å²) in [6.07, 6.45) is 5.11. The molecular weight excluding hydrogens is 374 g/mol. The van der Waals surface area contributed by atoms with Crippen LogP contribution in [0.3, 0.4) is 0 Å². The van der Waals surface area contributed by atoms with E-state index in [9.17, 15) is 10.1 Å². The molecule has 2 heterocycles. The molecule has 2 aliphatic heterocycles. The first kappa shape index (κ1) is 21.1. The van der Waals surface area contributed by atoms with Gasteiger partial charge in [-0.05, 0) is 12.8 Å².